The molecule has 5 aromatic carbocycles. The second-order valence-corrected chi connectivity index (χ2v) is 10.2. The molecule has 8 heteroatoms. The van der Waals surface area contributed by atoms with Crippen LogP contribution in [0.1, 0.15) is 29.3 Å². The summed E-state index contributed by atoms with van der Waals surface area (Å²) >= 11 is 0. The van der Waals surface area contributed by atoms with Crippen molar-refractivity contribution >= 4 is 5.91 Å². The third kappa shape index (κ3) is 7.50. The van der Waals surface area contributed by atoms with Crippen molar-refractivity contribution in [2.24, 2.45) is 5.73 Å². The Morgan fingerprint density at radius 1 is 0.533 bits per heavy atom. The van der Waals surface area contributed by atoms with Gasteiger partial charge in [-0.2, -0.15) is 0 Å². The number of primary amides is 1. The third-order valence-electron chi connectivity index (χ3n) is 6.98. The first kappa shape index (κ1) is 29.1. The summed E-state index contributed by atoms with van der Waals surface area (Å²) in [4.78, 5) is 24.5. The van der Waals surface area contributed by atoms with Gasteiger partial charge in [0.15, 0.2) is 0 Å². The molecule has 0 atom stereocenters. The van der Waals surface area contributed by atoms with E-state index in [0.29, 0.717) is 22.8 Å². The molecule has 1 heterocycles. The van der Waals surface area contributed by atoms with Gasteiger partial charge >= 0.3 is 18.0 Å². The van der Waals surface area contributed by atoms with Crippen LogP contribution in [-0.4, -0.2) is 20.9 Å². The zero-order valence-electron chi connectivity index (χ0n) is 24.6. The van der Waals surface area contributed by atoms with E-state index in [2.05, 4.69) is 46.1 Å². The van der Waals surface area contributed by atoms with Crippen molar-refractivity contribution in [3.05, 3.63) is 139 Å². The number of carbonyl (C=O) groups excluding carboxylic acids is 1. The lowest BCUT2D eigenvalue weighted by atomic mass is 10.0. The van der Waals surface area contributed by atoms with Crippen LogP contribution in [0.15, 0.2) is 127 Å². The first-order valence-electron chi connectivity index (χ1n) is 14.6. The molecule has 0 saturated carbocycles. The lowest BCUT2D eigenvalue weighted by Crippen LogP contribution is -2.10. The average Bonchev–Trinajstić information content (AvgIpc) is 3.07. The van der Waals surface area contributed by atoms with E-state index < -0.39 is 5.91 Å². The summed E-state index contributed by atoms with van der Waals surface area (Å²) in [6.45, 7) is 2.18. The SMILES string of the molecule is CCCc1ccc(-c2ccc(Oc3nc(Oc4ccc(C(N)=O)cc4)nc(Oc4ccc(-c5ccccc5)cc4)n3)cc2)cc1. The van der Waals surface area contributed by atoms with Crippen LogP contribution in [0.25, 0.3) is 22.3 Å². The topological polar surface area (TPSA) is 109 Å². The van der Waals surface area contributed by atoms with Crippen LogP contribution in [0.3, 0.4) is 0 Å². The van der Waals surface area contributed by atoms with Crippen molar-refractivity contribution in [1.82, 2.24) is 15.0 Å². The van der Waals surface area contributed by atoms with E-state index in [1.165, 1.54) is 5.56 Å². The molecule has 0 bridgehead atoms. The van der Waals surface area contributed by atoms with Crippen LogP contribution in [-0.2, 0) is 6.42 Å². The molecule has 0 aliphatic rings. The van der Waals surface area contributed by atoms with E-state index in [0.717, 1.165) is 35.1 Å². The summed E-state index contributed by atoms with van der Waals surface area (Å²) in [7, 11) is 0. The third-order valence-corrected chi connectivity index (χ3v) is 6.98. The molecular formula is C37H30N4O4. The highest BCUT2D eigenvalue weighted by molar-refractivity contribution is 5.92. The zero-order valence-corrected chi connectivity index (χ0v) is 24.6. The molecule has 0 radical (unpaired) electrons. The van der Waals surface area contributed by atoms with E-state index in [-0.39, 0.29) is 18.0 Å². The number of nitrogens with zero attached hydrogens (tertiary/aromatic N) is 3. The smallest absolute Gasteiger partial charge is 0.331 e. The van der Waals surface area contributed by atoms with Gasteiger partial charge in [0, 0.05) is 5.56 Å². The van der Waals surface area contributed by atoms with Gasteiger partial charge in [0.25, 0.3) is 0 Å². The minimum absolute atomic E-state index is 0.0127. The normalized spacial score (nSPS) is 10.7. The number of nitrogens with two attached hydrogens (primary N) is 1. The first-order valence-corrected chi connectivity index (χ1v) is 14.6. The molecule has 6 rings (SSSR count). The Morgan fingerprint density at radius 2 is 0.911 bits per heavy atom. The Morgan fingerprint density at radius 3 is 1.31 bits per heavy atom. The molecule has 0 spiro atoms. The van der Waals surface area contributed by atoms with Crippen LogP contribution < -0.4 is 19.9 Å². The Labute approximate surface area is 261 Å². The number of aromatic nitrogens is 3. The monoisotopic (exact) mass is 594 g/mol. The van der Waals surface area contributed by atoms with Gasteiger partial charge in [-0.3, -0.25) is 4.79 Å². The standard InChI is InChI=1S/C37H30N4O4/c1-2-6-25-9-11-27(12-10-25)29-15-21-32(22-16-29)44-36-39-35(40-37(41-36)45-33-23-17-30(18-24-33)34(38)42)43-31-19-13-28(14-20-31)26-7-4-3-5-8-26/h3-5,7-24H,2,6H2,1H3,(H2,38,42). The van der Waals surface area contributed by atoms with Crippen molar-refractivity contribution in [3.8, 4) is 57.5 Å². The molecule has 222 valence electrons. The molecule has 1 amide bonds. The summed E-state index contributed by atoms with van der Waals surface area (Å²) in [5, 5.41) is 0. The van der Waals surface area contributed by atoms with Crippen LogP contribution in [0.4, 0.5) is 0 Å². The van der Waals surface area contributed by atoms with Gasteiger partial charge in [0.2, 0.25) is 5.91 Å². The molecule has 0 saturated heterocycles. The van der Waals surface area contributed by atoms with Crippen molar-refractivity contribution in [3.63, 3.8) is 0 Å². The number of amides is 1. The molecule has 1 aromatic heterocycles. The highest BCUT2D eigenvalue weighted by Crippen LogP contribution is 2.30. The summed E-state index contributed by atoms with van der Waals surface area (Å²) in [5.41, 5.74) is 11.4. The number of benzene rings is 5. The maximum absolute atomic E-state index is 11.5. The van der Waals surface area contributed by atoms with Crippen molar-refractivity contribution < 1.29 is 19.0 Å². The van der Waals surface area contributed by atoms with E-state index >= 15 is 0 Å². The highest BCUT2D eigenvalue weighted by Gasteiger charge is 2.14. The fourth-order valence-corrected chi connectivity index (χ4v) is 4.67. The molecule has 2 N–H and O–H groups in total. The van der Waals surface area contributed by atoms with Gasteiger partial charge in [-0.15, -0.1) is 15.0 Å². The highest BCUT2D eigenvalue weighted by atomic mass is 16.5. The van der Waals surface area contributed by atoms with Gasteiger partial charge in [-0.1, -0.05) is 92.2 Å². The predicted molar refractivity (Wildman–Crippen MR) is 173 cm³/mol. The van der Waals surface area contributed by atoms with E-state index in [1.807, 2.05) is 78.9 Å². The lowest BCUT2D eigenvalue weighted by Gasteiger charge is -2.11. The van der Waals surface area contributed by atoms with E-state index in [1.54, 1.807) is 24.3 Å². The molecule has 0 unspecified atom stereocenters. The fourth-order valence-electron chi connectivity index (χ4n) is 4.67. The molecule has 8 nitrogen and oxygen atoms in total. The number of hydrogen-bond acceptors (Lipinski definition) is 7. The predicted octanol–water partition coefficient (Wildman–Crippen LogP) is 8.63. The minimum atomic E-state index is -0.536. The van der Waals surface area contributed by atoms with Gasteiger partial charge in [0.1, 0.15) is 17.2 Å². The Kier molecular flexibility index (Phi) is 8.73. The van der Waals surface area contributed by atoms with Crippen LogP contribution in [0.2, 0.25) is 0 Å². The number of hydrogen-bond donors (Lipinski definition) is 1. The van der Waals surface area contributed by atoms with Crippen molar-refractivity contribution in [2.75, 3.05) is 0 Å². The summed E-state index contributed by atoms with van der Waals surface area (Å²) < 4.78 is 17.9. The first-order chi connectivity index (χ1) is 22.0. The Balaban J connectivity index is 1.24. The summed E-state index contributed by atoms with van der Waals surface area (Å²) in [6.07, 6.45) is 2.18. The van der Waals surface area contributed by atoms with Crippen molar-refractivity contribution in [2.45, 2.75) is 19.8 Å². The van der Waals surface area contributed by atoms with Gasteiger partial charge in [0.05, 0.1) is 0 Å². The molecule has 45 heavy (non-hydrogen) atoms. The number of ether oxygens (including phenoxy) is 3. The van der Waals surface area contributed by atoms with Crippen LogP contribution in [0.5, 0.6) is 35.3 Å². The average molecular weight is 595 g/mol. The molecule has 0 aliphatic heterocycles. The minimum Gasteiger partial charge on any atom is -0.424 e. The molecule has 0 fully saturated rings. The number of aryl methyl sites for hydroxylation is 1. The summed E-state index contributed by atoms with van der Waals surface area (Å²) in [5.74, 6) is 0.913. The van der Waals surface area contributed by atoms with Crippen molar-refractivity contribution in [1.29, 1.82) is 0 Å². The fraction of sp³-hybridized carbons (Fsp3) is 0.0811. The number of rotatable bonds is 11. The zero-order chi connectivity index (χ0) is 31.0. The van der Waals surface area contributed by atoms with Crippen LogP contribution >= 0.6 is 0 Å². The van der Waals surface area contributed by atoms with E-state index in [9.17, 15) is 4.79 Å². The van der Waals surface area contributed by atoms with Gasteiger partial charge in [-0.05, 0) is 82.8 Å². The molecule has 6 aromatic rings. The van der Waals surface area contributed by atoms with Gasteiger partial charge < -0.3 is 19.9 Å². The molecule has 0 aliphatic carbocycles. The Bertz CT molecular complexity index is 1880. The second-order valence-electron chi connectivity index (χ2n) is 10.2. The molecular weight excluding hydrogens is 564 g/mol. The second kappa shape index (κ2) is 13.5. The van der Waals surface area contributed by atoms with E-state index in [4.69, 9.17) is 19.9 Å². The maximum atomic E-state index is 11.5. The van der Waals surface area contributed by atoms with Gasteiger partial charge in [-0.25, -0.2) is 0 Å². The van der Waals surface area contributed by atoms with Crippen LogP contribution in [0, 0.1) is 0 Å². The lowest BCUT2D eigenvalue weighted by molar-refractivity contribution is 0.1000. The maximum Gasteiger partial charge on any atom is 0.331 e. The Hall–Kier alpha value is -6.02. The quantitative estimate of drug-likeness (QED) is 0.160. The largest absolute Gasteiger partial charge is 0.424 e. The number of carbonyl (C=O) groups is 1. The summed E-state index contributed by atoms with van der Waals surface area (Å²) in [6, 6.07) is 40.1.